The van der Waals surface area contributed by atoms with E-state index >= 15 is 0 Å². The quantitative estimate of drug-likeness (QED) is 0.435. The second-order valence-electron chi connectivity index (χ2n) is 7.61. The van der Waals surface area contributed by atoms with Crippen LogP contribution >= 0.6 is 0 Å². The average Bonchev–Trinajstić information content (AvgIpc) is 3.43. The standard InChI is InChI=1S/C22H16F3N3O4/c23-22(24,25)31-14-5-1-11(2-6-14)21-27-20(28-32-21)13-4-8-17-16(9-13)15-7-3-12(10-18(29)30)19(15)26-17/h1-2,4-6,8-9,12,26H,3,7,10H2,(H,29,30). The minimum atomic E-state index is -4.76. The fourth-order valence-electron chi connectivity index (χ4n) is 4.16. The molecule has 2 heterocycles. The normalized spacial score (nSPS) is 15.8. The van der Waals surface area contributed by atoms with E-state index in [1.54, 1.807) is 0 Å². The first-order chi connectivity index (χ1) is 15.3. The van der Waals surface area contributed by atoms with Crippen molar-refractivity contribution in [3.05, 3.63) is 53.7 Å². The van der Waals surface area contributed by atoms with E-state index in [0.717, 1.165) is 35.0 Å². The molecule has 10 heteroatoms. The van der Waals surface area contributed by atoms with Crippen LogP contribution in [0, 0.1) is 0 Å². The largest absolute Gasteiger partial charge is 0.573 e. The Kier molecular flexibility index (Phi) is 4.65. The van der Waals surface area contributed by atoms with Crippen LogP contribution in [-0.2, 0) is 11.2 Å². The lowest BCUT2D eigenvalue weighted by atomic mass is 10.0. The molecule has 2 aromatic carbocycles. The summed E-state index contributed by atoms with van der Waals surface area (Å²) < 4.78 is 46.1. The van der Waals surface area contributed by atoms with Crippen molar-refractivity contribution in [3.63, 3.8) is 0 Å². The van der Waals surface area contributed by atoms with Gasteiger partial charge < -0.3 is 19.4 Å². The number of fused-ring (bicyclic) bond motifs is 3. The molecular weight excluding hydrogens is 427 g/mol. The first kappa shape index (κ1) is 20.1. The van der Waals surface area contributed by atoms with Crippen LogP contribution in [0.5, 0.6) is 5.75 Å². The van der Waals surface area contributed by atoms with Gasteiger partial charge in [0, 0.05) is 33.6 Å². The maximum atomic E-state index is 12.3. The van der Waals surface area contributed by atoms with Crippen molar-refractivity contribution in [1.82, 2.24) is 15.1 Å². The van der Waals surface area contributed by atoms with Crippen LogP contribution in [0.3, 0.4) is 0 Å². The lowest BCUT2D eigenvalue weighted by Crippen LogP contribution is -2.16. The van der Waals surface area contributed by atoms with E-state index in [9.17, 15) is 18.0 Å². The smallest absolute Gasteiger partial charge is 0.481 e. The molecule has 4 aromatic rings. The molecule has 0 fully saturated rings. The minimum absolute atomic E-state index is 0.0283. The number of carboxylic acid groups (broad SMARTS) is 1. The van der Waals surface area contributed by atoms with Gasteiger partial charge in [0.05, 0.1) is 6.42 Å². The number of aliphatic carboxylic acids is 1. The van der Waals surface area contributed by atoms with Gasteiger partial charge in [0.25, 0.3) is 5.89 Å². The third-order valence-electron chi connectivity index (χ3n) is 5.53. The number of carbonyl (C=O) groups is 1. The number of aryl methyl sites for hydroxylation is 1. The molecule has 32 heavy (non-hydrogen) atoms. The maximum absolute atomic E-state index is 12.3. The molecule has 0 bridgehead atoms. The monoisotopic (exact) mass is 443 g/mol. The van der Waals surface area contributed by atoms with Gasteiger partial charge in [-0.05, 0) is 60.9 Å². The SMILES string of the molecule is O=C(O)CC1CCc2c1[nH]c1ccc(-c3noc(-c4ccc(OC(F)(F)F)cc4)n3)cc21. The predicted octanol–water partition coefficient (Wildman–Crippen LogP) is 5.29. The molecule has 1 unspecified atom stereocenters. The van der Waals surface area contributed by atoms with Crippen molar-refractivity contribution < 1.29 is 32.3 Å². The third kappa shape index (κ3) is 3.79. The molecule has 1 atom stereocenters. The number of ether oxygens (including phenoxy) is 1. The zero-order valence-corrected chi connectivity index (χ0v) is 16.4. The second kappa shape index (κ2) is 7.40. The zero-order chi connectivity index (χ0) is 22.5. The van der Waals surface area contributed by atoms with Gasteiger partial charge in [0.1, 0.15) is 5.75 Å². The number of aromatic amines is 1. The van der Waals surface area contributed by atoms with E-state index < -0.39 is 12.3 Å². The second-order valence-corrected chi connectivity index (χ2v) is 7.61. The van der Waals surface area contributed by atoms with Crippen molar-refractivity contribution in [2.75, 3.05) is 0 Å². The summed E-state index contributed by atoms with van der Waals surface area (Å²) in [6.45, 7) is 0. The average molecular weight is 443 g/mol. The van der Waals surface area contributed by atoms with E-state index in [4.69, 9.17) is 9.63 Å². The molecule has 7 nitrogen and oxygen atoms in total. The Hall–Kier alpha value is -3.82. The van der Waals surface area contributed by atoms with E-state index in [2.05, 4.69) is 19.9 Å². The summed E-state index contributed by atoms with van der Waals surface area (Å²) in [5, 5.41) is 14.1. The number of benzene rings is 2. The van der Waals surface area contributed by atoms with Crippen molar-refractivity contribution in [3.8, 4) is 28.6 Å². The molecule has 1 aliphatic carbocycles. The summed E-state index contributed by atoms with van der Waals surface area (Å²) in [5.74, 6) is -0.681. The number of aromatic nitrogens is 3. The Bertz CT molecular complexity index is 1310. The van der Waals surface area contributed by atoms with Gasteiger partial charge >= 0.3 is 12.3 Å². The van der Waals surface area contributed by atoms with Crippen LogP contribution in [0.25, 0.3) is 33.7 Å². The molecule has 0 radical (unpaired) electrons. The van der Waals surface area contributed by atoms with Crippen LogP contribution in [0.15, 0.2) is 47.0 Å². The topological polar surface area (TPSA) is 101 Å². The van der Waals surface area contributed by atoms with Crippen LogP contribution in [-0.4, -0.2) is 32.6 Å². The number of nitrogens with one attached hydrogen (secondary N) is 1. The van der Waals surface area contributed by atoms with E-state index in [-0.39, 0.29) is 24.0 Å². The van der Waals surface area contributed by atoms with Crippen molar-refractivity contribution in [2.24, 2.45) is 0 Å². The lowest BCUT2D eigenvalue weighted by molar-refractivity contribution is -0.274. The lowest BCUT2D eigenvalue weighted by Gasteiger charge is -2.08. The van der Waals surface area contributed by atoms with Crippen LogP contribution < -0.4 is 4.74 Å². The molecule has 0 saturated heterocycles. The number of hydrogen-bond acceptors (Lipinski definition) is 5. The first-order valence-corrected chi connectivity index (χ1v) is 9.83. The number of rotatable bonds is 5. The summed E-state index contributed by atoms with van der Waals surface area (Å²) >= 11 is 0. The van der Waals surface area contributed by atoms with Gasteiger partial charge in [-0.2, -0.15) is 4.98 Å². The Morgan fingerprint density at radius 3 is 2.66 bits per heavy atom. The molecular formula is C22H16F3N3O4. The fraction of sp³-hybridized carbons (Fsp3) is 0.227. The summed E-state index contributed by atoms with van der Waals surface area (Å²) in [6.07, 6.45) is -3.09. The summed E-state index contributed by atoms with van der Waals surface area (Å²) in [5.41, 5.74) is 4.16. The van der Waals surface area contributed by atoms with Gasteiger partial charge in [-0.3, -0.25) is 4.79 Å². The molecule has 0 amide bonds. The van der Waals surface area contributed by atoms with E-state index in [0.29, 0.717) is 17.0 Å². The summed E-state index contributed by atoms with van der Waals surface area (Å²) in [7, 11) is 0. The number of halogens is 3. The first-order valence-electron chi connectivity index (χ1n) is 9.83. The third-order valence-corrected chi connectivity index (χ3v) is 5.53. The fourth-order valence-corrected chi connectivity index (χ4v) is 4.16. The van der Waals surface area contributed by atoms with Gasteiger partial charge in [-0.15, -0.1) is 13.2 Å². The van der Waals surface area contributed by atoms with Crippen LogP contribution in [0.2, 0.25) is 0 Å². The highest BCUT2D eigenvalue weighted by Gasteiger charge is 2.31. The van der Waals surface area contributed by atoms with Gasteiger partial charge in [-0.1, -0.05) is 5.16 Å². The maximum Gasteiger partial charge on any atom is 0.573 e. The number of carboxylic acids is 1. The van der Waals surface area contributed by atoms with E-state index in [1.807, 2.05) is 18.2 Å². The summed E-state index contributed by atoms with van der Waals surface area (Å²) in [4.78, 5) is 18.8. The van der Waals surface area contributed by atoms with Gasteiger partial charge in [0.15, 0.2) is 0 Å². The highest BCUT2D eigenvalue weighted by molar-refractivity contribution is 5.89. The number of hydrogen-bond donors (Lipinski definition) is 2. The number of nitrogens with zero attached hydrogens (tertiary/aromatic N) is 2. The molecule has 1 aliphatic rings. The van der Waals surface area contributed by atoms with Gasteiger partial charge in [0.2, 0.25) is 5.82 Å². The zero-order valence-electron chi connectivity index (χ0n) is 16.4. The molecule has 2 N–H and O–H groups in total. The number of alkyl halides is 3. The van der Waals surface area contributed by atoms with Gasteiger partial charge in [-0.25, -0.2) is 0 Å². The van der Waals surface area contributed by atoms with Crippen molar-refractivity contribution >= 4 is 16.9 Å². The van der Waals surface area contributed by atoms with Crippen LogP contribution in [0.4, 0.5) is 13.2 Å². The Balaban J connectivity index is 1.42. The summed E-state index contributed by atoms with van der Waals surface area (Å²) in [6, 6.07) is 10.8. The Labute approximate surface area is 178 Å². The minimum Gasteiger partial charge on any atom is -0.481 e. The molecule has 0 saturated carbocycles. The molecule has 2 aromatic heterocycles. The Morgan fingerprint density at radius 1 is 1.19 bits per heavy atom. The predicted molar refractivity (Wildman–Crippen MR) is 107 cm³/mol. The molecule has 5 rings (SSSR count). The Morgan fingerprint density at radius 2 is 1.94 bits per heavy atom. The van der Waals surface area contributed by atoms with Crippen LogP contribution in [0.1, 0.15) is 30.0 Å². The molecule has 0 aliphatic heterocycles. The van der Waals surface area contributed by atoms with E-state index in [1.165, 1.54) is 24.3 Å². The van der Waals surface area contributed by atoms with Crippen molar-refractivity contribution in [2.45, 2.75) is 31.5 Å². The molecule has 164 valence electrons. The molecule has 0 spiro atoms. The highest BCUT2D eigenvalue weighted by atomic mass is 19.4. The van der Waals surface area contributed by atoms with Crippen molar-refractivity contribution in [1.29, 1.82) is 0 Å². The highest BCUT2D eigenvalue weighted by Crippen LogP contribution is 2.40. The number of H-pyrrole nitrogens is 1.